The quantitative estimate of drug-likeness (QED) is 0.231. The molecule has 0 radical (unpaired) electrons. The molecule has 7 nitrogen and oxygen atoms in total. The second kappa shape index (κ2) is 15.7. The second-order valence-corrected chi connectivity index (χ2v) is 16.4. The summed E-state index contributed by atoms with van der Waals surface area (Å²) in [4.78, 5) is 14.4. The molecular formula is C34H45F2NO6Si. The largest absolute Gasteiger partial charge is 0.446 e. The zero-order valence-electron chi connectivity index (χ0n) is 26.2. The van der Waals surface area contributed by atoms with Gasteiger partial charge in [0.05, 0.1) is 19.8 Å². The molecule has 1 amide bonds. The van der Waals surface area contributed by atoms with Crippen LogP contribution < -0.4 is 10.4 Å². The Morgan fingerprint density at radius 3 is 1.77 bits per heavy atom. The van der Waals surface area contributed by atoms with Crippen molar-refractivity contribution in [2.45, 2.75) is 70.4 Å². The topological polar surface area (TPSA) is 88.5 Å². The number of carbonyl (C=O) groups excluding carboxylic acids is 1. The molecule has 0 spiro atoms. The molecule has 0 saturated heterocycles. The number of nitrogens with zero attached hydrogens (tertiary/aromatic N) is 1. The highest BCUT2D eigenvalue weighted by Gasteiger charge is 2.50. The maximum absolute atomic E-state index is 14.7. The summed E-state index contributed by atoms with van der Waals surface area (Å²) in [5.41, 5.74) is 0.755. The number of halogens is 2. The van der Waals surface area contributed by atoms with Crippen LogP contribution in [0.1, 0.15) is 40.2 Å². The van der Waals surface area contributed by atoms with Crippen molar-refractivity contribution in [3.05, 3.63) is 96.6 Å². The smallest absolute Gasteiger partial charge is 0.410 e. The zero-order valence-corrected chi connectivity index (χ0v) is 27.2. The van der Waals surface area contributed by atoms with Crippen molar-refractivity contribution in [2.75, 3.05) is 26.4 Å². The molecule has 0 fully saturated rings. The lowest BCUT2D eigenvalue weighted by Gasteiger charge is -2.43. The van der Waals surface area contributed by atoms with Crippen molar-refractivity contribution in [1.82, 2.24) is 4.90 Å². The van der Waals surface area contributed by atoms with Crippen molar-refractivity contribution in [3.8, 4) is 0 Å². The monoisotopic (exact) mass is 629 g/mol. The average Bonchev–Trinajstić information content (AvgIpc) is 3.00. The second-order valence-electron chi connectivity index (χ2n) is 12.1. The van der Waals surface area contributed by atoms with Crippen molar-refractivity contribution in [2.24, 2.45) is 0 Å². The molecule has 0 aliphatic heterocycles. The van der Waals surface area contributed by atoms with E-state index >= 15 is 0 Å². The lowest BCUT2D eigenvalue weighted by atomic mass is 10.1. The van der Waals surface area contributed by atoms with Crippen molar-refractivity contribution in [1.29, 1.82) is 0 Å². The van der Waals surface area contributed by atoms with E-state index in [0.29, 0.717) is 0 Å². The summed E-state index contributed by atoms with van der Waals surface area (Å²) in [6.07, 6.45) is -5.58. The molecule has 3 aromatic rings. The third-order valence-electron chi connectivity index (χ3n) is 7.57. The Kier molecular flexibility index (Phi) is 12.6. The maximum atomic E-state index is 14.7. The fourth-order valence-electron chi connectivity index (χ4n) is 5.16. The predicted octanol–water partition coefficient (Wildman–Crippen LogP) is 4.98. The Morgan fingerprint density at radius 2 is 1.30 bits per heavy atom. The van der Waals surface area contributed by atoms with E-state index in [9.17, 15) is 23.8 Å². The number of alkyl halides is 2. The van der Waals surface area contributed by atoms with E-state index in [-0.39, 0.29) is 30.8 Å². The summed E-state index contributed by atoms with van der Waals surface area (Å²) in [5, 5.41) is 22.1. The van der Waals surface area contributed by atoms with E-state index in [2.05, 4.69) is 45.0 Å². The fraction of sp³-hybridized carbons (Fsp3) is 0.441. The average molecular weight is 630 g/mol. The number of hydrogen-bond donors (Lipinski definition) is 2. The van der Waals surface area contributed by atoms with Crippen LogP contribution in [-0.2, 0) is 20.5 Å². The van der Waals surface area contributed by atoms with Crippen LogP contribution >= 0.6 is 0 Å². The first-order chi connectivity index (χ1) is 20.8. The van der Waals surface area contributed by atoms with Crippen LogP contribution in [-0.4, -0.2) is 80.1 Å². The number of benzene rings is 3. The van der Waals surface area contributed by atoms with Gasteiger partial charge in [-0.05, 0) is 34.8 Å². The van der Waals surface area contributed by atoms with Crippen LogP contribution in [0.5, 0.6) is 0 Å². The van der Waals surface area contributed by atoms with Crippen LogP contribution in [0.15, 0.2) is 91.0 Å². The standard InChI is InChI=1S/C34H45F2NO6Si/c1-26(2)37(32(40)42-25-31(39)34(35,36)30(38)24-41-23-27-15-9-6-10-16-27)21-22-43-44(33(3,4)5,28-17-11-7-12-18-28)29-19-13-8-14-20-29/h6-20,26,30-31,38-39H,21-25H2,1-5H3/t30-,31+/m1/s1. The van der Waals surface area contributed by atoms with Crippen LogP contribution in [0.25, 0.3) is 0 Å². The minimum atomic E-state index is -3.97. The highest BCUT2D eigenvalue weighted by molar-refractivity contribution is 6.99. The van der Waals surface area contributed by atoms with E-state index in [1.807, 2.05) is 42.5 Å². The minimum Gasteiger partial charge on any atom is -0.446 e. The number of amides is 1. The highest BCUT2D eigenvalue weighted by atomic mass is 28.4. The maximum Gasteiger partial charge on any atom is 0.410 e. The number of hydrogen-bond acceptors (Lipinski definition) is 6. The summed E-state index contributed by atoms with van der Waals surface area (Å²) < 4.78 is 46.6. The summed E-state index contributed by atoms with van der Waals surface area (Å²) in [5.74, 6) is -3.97. The van der Waals surface area contributed by atoms with Gasteiger partial charge in [0, 0.05) is 12.6 Å². The molecule has 2 atom stereocenters. The Hall–Kier alpha value is -3.15. The number of aliphatic hydroxyl groups is 2. The number of rotatable bonds is 15. The molecule has 240 valence electrons. The van der Waals surface area contributed by atoms with E-state index < -0.39 is 45.8 Å². The molecule has 10 heteroatoms. The molecule has 3 rings (SSSR count). The first-order valence-electron chi connectivity index (χ1n) is 14.8. The first kappa shape index (κ1) is 35.3. The first-order valence-corrected chi connectivity index (χ1v) is 16.8. The van der Waals surface area contributed by atoms with Crippen LogP contribution in [0.2, 0.25) is 5.04 Å². The molecule has 0 saturated carbocycles. The van der Waals surface area contributed by atoms with Crippen molar-refractivity contribution >= 4 is 24.8 Å². The number of ether oxygens (including phenoxy) is 2. The molecule has 0 aliphatic carbocycles. The van der Waals surface area contributed by atoms with Crippen LogP contribution in [0, 0.1) is 0 Å². The molecule has 0 bridgehead atoms. The fourth-order valence-corrected chi connectivity index (χ4v) is 9.71. The van der Waals surface area contributed by atoms with Crippen LogP contribution in [0.3, 0.4) is 0 Å². The molecule has 0 aromatic heterocycles. The lowest BCUT2D eigenvalue weighted by molar-refractivity contribution is -0.200. The van der Waals surface area contributed by atoms with E-state index in [0.717, 1.165) is 15.9 Å². The molecular weight excluding hydrogens is 584 g/mol. The number of aliphatic hydroxyl groups excluding tert-OH is 2. The zero-order chi connectivity index (χ0) is 32.4. The van der Waals surface area contributed by atoms with Crippen molar-refractivity contribution in [3.63, 3.8) is 0 Å². The number of carbonyl (C=O) groups is 1. The molecule has 2 N–H and O–H groups in total. The lowest BCUT2D eigenvalue weighted by Crippen LogP contribution is -2.67. The predicted molar refractivity (Wildman–Crippen MR) is 170 cm³/mol. The van der Waals surface area contributed by atoms with Crippen molar-refractivity contribution < 1.29 is 37.7 Å². The van der Waals surface area contributed by atoms with Gasteiger partial charge in [0.1, 0.15) is 12.7 Å². The van der Waals surface area contributed by atoms with Gasteiger partial charge in [-0.3, -0.25) is 0 Å². The van der Waals surface area contributed by atoms with E-state index in [1.165, 1.54) is 4.90 Å². The van der Waals surface area contributed by atoms with Gasteiger partial charge in [-0.25, -0.2) is 13.6 Å². The Morgan fingerprint density at radius 1 is 0.818 bits per heavy atom. The van der Waals surface area contributed by atoms with Gasteiger partial charge in [-0.1, -0.05) is 112 Å². The summed E-state index contributed by atoms with van der Waals surface area (Å²) in [6, 6.07) is 28.7. The molecule has 0 unspecified atom stereocenters. The van der Waals surface area contributed by atoms with Gasteiger partial charge in [0.2, 0.25) is 0 Å². The third kappa shape index (κ3) is 8.73. The van der Waals surface area contributed by atoms with Gasteiger partial charge in [0.25, 0.3) is 8.32 Å². The third-order valence-corrected chi connectivity index (χ3v) is 12.6. The van der Waals surface area contributed by atoms with Gasteiger partial charge >= 0.3 is 12.0 Å². The van der Waals surface area contributed by atoms with Gasteiger partial charge in [-0.2, -0.15) is 0 Å². The molecule has 44 heavy (non-hydrogen) atoms. The minimum absolute atomic E-state index is 0.0262. The SMILES string of the molecule is CC(C)N(CCO[Si](c1ccccc1)(c1ccccc1)C(C)(C)C)C(=O)OC[C@H](O)C(F)(F)[C@H](O)COCc1ccccc1. The summed E-state index contributed by atoms with van der Waals surface area (Å²) in [6.45, 7) is 8.65. The van der Waals surface area contributed by atoms with Gasteiger partial charge in [-0.15, -0.1) is 0 Å². The molecule has 0 heterocycles. The normalized spacial score (nSPS) is 13.9. The van der Waals surface area contributed by atoms with Crippen LogP contribution in [0.4, 0.5) is 13.6 Å². The van der Waals surface area contributed by atoms with E-state index in [1.54, 1.807) is 38.1 Å². The Labute approximate surface area is 260 Å². The summed E-state index contributed by atoms with van der Waals surface area (Å²) in [7, 11) is -2.85. The van der Waals surface area contributed by atoms with E-state index in [4.69, 9.17) is 13.9 Å². The summed E-state index contributed by atoms with van der Waals surface area (Å²) >= 11 is 0. The highest BCUT2D eigenvalue weighted by Crippen LogP contribution is 2.36. The Balaban J connectivity index is 1.64. The van der Waals surface area contributed by atoms with Gasteiger partial charge in [0.15, 0.2) is 6.10 Å². The van der Waals surface area contributed by atoms with Gasteiger partial charge < -0.3 is 29.0 Å². The Bertz CT molecular complexity index is 1240. The molecule has 0 aliphatic rings. The molecule has 3 aromatic carbocycles.